The quantitative estimate of drug-likeness (QED) is 0.724. The third kappa shape index (κ3) is 3.74. The van der Waals surface area contributed by atoms with Gasteiger partial charge in [0.1, 0.15) is 5.75 Å². The van der Waals surface area contributed by atoms with Gasteiger partial charge in [-0.2, -0.15) is 0 Å². The molecule has 3 rings (SSSR count). The van der Waals surface area contributed by atoms with Gasteiger partial charge in [0.05, 0.1) is 13.7 Å². The molecule has 0 saturated heterocycles. The maximum absolute atomic E-state index is 5.70. The van der Waals surface area contributed by atoms with Gasteiger partial charge >= 0.3 is 0 Å². The van der Waals surface area contributed by atoms with Gasteiger partial charge in [-0.1, -0.05) is 26.0 Å². The Hall–Kier alpha value is -2.82. The van der Waals surface area contributed by atoms with Crippen LogP contribution in [-0.4, -0.2) is 17.3 Å². The van der Waals surface area contributed by atoms with E-state index in [4.69, 9.17) is 9.15 Å². The van der Waals surface area contributed by atoms with Gasteiger partial charge in [-0.25, -0.2) is 0 Å². The first-order valence-corrected chi connectivity index (χ1v) is 7.96. The van der Waals surface area contributed by atoms with E-state index in [0.29, 0.717) is 24.2 Å². The van der Waals surface area contributed by atoms with E-state index in [2.05, 4.69) is 53.6 Å². The number of nitrogens with zero attached hydrogens (tertiary/aromatic N) is 2. The number of rotatable bonds is 6. The summed E-state index contributed by atoms with van der Waals surface area (Å²) in [6.45, 7) is 4.85. The summed E-state index contributed by atoms with van der Waals surface area (Å²) < 4.78 is 10.8. The summed E-state index contributed by atoms with van der Waals surface area (Å²) in [4.78, 5) is 0. The molecule has 0 amide bonds. The Labute approximate surface area is 141 Å². The van der Waals surface area contributed by atoms with E-state index in [0.717, 1.165) is 17.0 Å². The lowest BCUT2D eigenvalue weighted by Gasteiger charge is -2.07. The Morgan fingerprint density at radius 2 is 1.71 bits per heavy atom. The van der Waals surface area contributed by atoms with Crippen molar-refractivity contribution >= 4 is 5.69 Å². The molecular formula is C19H21N3O2. The van der Waals surface area contributed by atoms with E-state index in [1.165, 1.54) is 5.56 Å². The van der Waals surface area contributed by atoms with Gasteiger partial charge in [0, 0.05) is 11.3 Å². The lowest BCUT2D eigenvalue weighted by molar-refractivity contribution is 0.415. The van der Waals surface area contributed by atoms with Crippen LogP contribution in [-0.2, 0) is 6.54 Å². The Morgan fingerprint density at radius 1 is 1.00 bits per heavy atom. The van der Waals surface area contributed by atoms with Crippen LogP contribution < -0.4 is 10.1 Å². The van der Waals surface area contributed by atoms with E-state index in [-0.39, 0.29) is 0 Å². The van der Waals surface area contributed by atoms with Crippen molar-refractivity contribution in [2.24, 2.45) is 0 Å². The maximum Gasteiger partial charge on any atom is 0.247 e. The Kier molecular flexibility index (Phi) is 4.79. The van der Waals surface area contributed by atoms with Crippen LogP contribution in [0.2, 0.25) is 0 Å². The van der Waals surface area contributed by atoms with Crippen LogP contribution in [0.15, 0.2) is 52.9 Å². The molecule has 1 heterocycles. The van der Waals surface area contributed by atoms with Crippen molar-refractivity contribution in [2.45, 2.75) is 26.3 Å². The zero-order valence-corrected chi connectivity index (χ0v) is 14.1. The average molecular weight is 323 g/mol. The highest BCUT2D eigenvalue weighted by Gasteiger charge is 2.08. The molecule has 1 N–H and O–H groups in total. The fourth-order valence-electron chi connectivity index (χ4n) is 2.34. The second-order valence-corrected chi connectivity index (χ2v) is 5.86. The lowest BCUT2D eigenvalue weighted by Crippen LogP contribution is -2.00. The largest absolute Gasteiger partial charge is 0.497 e. The smallest absolute Gasteiger partial charge is 0.247 e. The summed E-state index contributed by atoms with van der Waals surface area (Å²) in [5, 5.41) is 11.5. The number of methoxy groups -OCH3 is 1. The number of benzene rings is 2. The van der Waals surface area contributed by atoms with Crippen molar-refractivity contribution < 1.29 is 9.15 Å². The molecule has 0 aliphatic carbocycles. The number of ether oxygens (including phenoxy) is 1. The second-order valence-electron chi connectivity index (χ2n) is 5.86. The minimum Gasteiger partial charge on any atom is -0.497 e. The number of hydrogen-bond donors (Lipinski definition) is 1. The average Bonchev–Trinajstić information content (AvgIpc) is 3.09. The van der Waals surface area contributed by atoms with Gasteiger partial charge < -0.3 is 14.5 Å². The van der Waals surface area contributed by atoms with Gasteiger partial charge in [-0.05, 0) is 47.9 Å². The number of hydrogen-bond acceptors (Lipinski definition) is 5. The normalized spacial score (nSPS) is 10.8. The molecule has 0 unspecified atom stereocenters. The molecule has 3 aromatic rings. The maximum atomic E-state index is 5.70. The monoisotopic (exact) mass is 323 g/mol. The molecule has 0 fully saturated rings. The van der Waals surface area contributed by atoms with Crippen molar-refractivity contribution in [2.75, 3.05) is 12.4 Å². The minimum atomic E-state index is 0.490. The molecule has 0 bridgehead atoms. The zero-order valence-electron chi connectivity index (χ0n) is 14.1. The molecule has 24 heavy (non-hydrogen) atoms. The van der Waals surface area contributed by atoms with Crippen LogP contribution >= 0.6 is 0 Å². The Bertz CT molecular complexity index is 777. The fourth-order valence-corrected chi connectivity index (χ4v) is 2.34. The van der Waals surface area contributed by atoms with Crippen LogP contribution in [0.3, 0.4) is 0 Å². The van der Waals surface area contributed by atoms with Crippen molar-refractivity contribution in [1.29, 1.82) is 0 Å². The molecule has 0 spiro atoms. The van der Waals surface area contributed by atoms with Crippen molar-refractivity contribution in [3.8, 4) is 17.2 Å². The number of aromatic nitrogens is 2. The van der Waals surface area contributed by atoms with E-state index in [9.17, 15) is 0 Å². The standard InChI is InChI=1S/C19H21N3O2/c1-13(2)14-4-8-16(9-5-14)20-12-18-21-22-19(24-18)15-6-10-17(23-3)11-7-15/h4-11,13,20H,12H2,1-3H3. The van der Waals surface area contributed by atoms with Crippen LogP contribution in [0, 0.1) is 0 Å². The van der Waals surface area contributed by atoms with Crippen LogP contribution in [0.25, 0.3) is 11.5 Å². The predicted molar refractivity (Wildman–Crippen MR) is 94.1 cm³/mol. The first kappa shape index (κ1) is 16.1. The fraction of sp³-hybridized carbons (Fsp3) is 0.263. The van der Waals surface area contributed by atoms with Crippen molar-refractivity contribution in [1.82, 2.24) is 10.2 Å². The molecule has 124 valence electrons. The highest BCUT2D eigenvalue weighted by molar-refractivity contribution is 5.54. The molecule has 0 atom stereocenters. The molecule has 5 heteroatoms. The van der Waals surface area contributed by atoms with Crippen LogP contribution in [0.1, 0.15) is 31.2 Å². The molecule has 0 saturated carbocycles. The van der Waals surface area contributed by atoms with Gasteiger partial charge in [-0.15, -0.1) is 10.2 Å². The van der Waals surface area contributed by atoms with Crippen molar-refractivity contribution in [3.05, 3.63) is 60.0 Å². The third-order valence-corrected chi connectivity index (χ3v) is 3.82. The van der Waals surface area contributed by atoms with Crippen molar-refractivity contribution in [3.63, 3.8) is 0 Å². The molecule has 1 aromatic heterocycles. The Morgan fingerprint density at radius 3 is 2.33 bits per heavy atom. The summed E-state index contributed by atoms with van der Waals surface area (Å²) in [6.07, 6.45) is 0. The predicted octanol–water partition coefficient (Wildman–Crippen LogP) is 4.48. The summed E-state index contributed by atoms with van der Waals surface area (Å²) >= 11 is 0. The molecular weight excluding hydrogens is 302 g/mol. The summed E-state index contributed by atoms with van der Waals surface area (Å²) in [7, 11) is 1.64. The topological polar surface area (TPSA) is 60.2 Å². The highest BCUT2D eigenvalue weighted by atomic mass is 16.5. The van der Waals surface area contributed by atoms with Crippen LogP contribution in [0.4, 0.5) is 5.69 Å². The van der Waals surface area contributed by atoms with Gasteiger partial charge in [-0.3, -0.25) is 0 Å². The molecule has 0 radical (unpaired) electrons. The summed E-state index contributed by atoms with van der Waals surface area (Å²) in [5.74, 6) is 2.38. The first-order chi connectivity index (χ1) is 11.7. The van der Waals surface area contributed by atoms with E-state index in [1.54, 1.807) is 7.11 Å². The van der Waals surface area contributed by atoms with E-state index in [1.807, 2.05) is 24.3 Å². The third-order valence-electron chi connectivity index (χ3n) is 3.82. The van der Waals surface area contributed by atoms with E-state index < -0.39 is 0 Å². The second kappa shape index (κ2) is 7.17. The highest BCUT2D eigenvalue weighted by Crippen LogP contribution is 2.22. The van der Waals surface area contributed by atoms with Gasteiger partial charge in [0.15, 0.2) is 0 Å². The zero-order chi connectivity index (χ0) is 16.9. The summed E-state index contributed by atoms with van der Waals surface area (Å²) in [5.41, 5.74) is 3.22. The lowest BCUT2D eigenvalue weighted by atomic mass is 10.0. The van der Waals surface area contributed by atoms with E-state index >= 15 is 0 Å². The first-order valence-electron chi connectivity index (χ1n) is 7.96. The van der Waals surface area contributed by atoms with Gasteiger partial charge in [0.2, 0.25) is 11.8 Å². The van der Waals surface area contributed by atoms with Crippen LogP contribution in [0.5, 0.6) is 5.75 Å². The summed E-state index contributed by atoms with van der Waals surface area (Å²) in [6, 6.07) is 15.9. The molecule has 5 nitrogen and oxygen atoms in total. The SMILES string of the molecule is COc1ccc(-c2nnc(CNc3ccc(C(C)C)cc3)o2)cc1. The molecule has 2 aromatic carbocycles. The number of anilines is 1. The van der Waals surface area contributed by atoms with Gasteiger partial charge in [0.25, 0.3) is 0 Å². The molecule has 0 aliphatic rings. The minimum absolute atomic E-state index is 0.490. The Balaban J connectivity index is 1.63. The number of nitrogens with one attached hydrogen (secondary N) is 1. The molecule has 0 aliphatic heterocycles.